The summed E-state index contributed by atoms with van der Waals surface area (Å²) in [5, 5.41) is 10.8. The van der Waals surface area contributed by atoms with Gasteiger partial charge in [0, 0.05) is 48.4 Å². The Kier molecular flexibility index (Phi) is 9.48. The number of aromatic amines is 1. The Morgan fingerprint density at radius 2 is 1.27 bits per heavy atom. The monoisotopic (exact) mass is 682 g/mol. The highest BCUT2D eigenvalue weighted by atomic mass is 16.5. The van der Waals surface area contributed by atoms with Crippen molar-refractivity contribution in [1.29, 1.82) is 0 Å². The number of nitrogens with zero attached hydrogens (tertiary/aromatic N) is 5. The molecule has 0 aliphatic rings. The number of fused-ring (bicyclic) bond motifs is 1. The third kappa shape index (κ3) is 6.42. The lowest BCUT2D eigenvalue weighted by molar-refractivity contribution is 0.414. The number of aryl methyl sites for hydroxylation is 3. The van der Waals surface area contributed by atoms with Crippen LogP contribution in [0.3, 0.4) is 0 Å². The van der Waals surface area contributed by atoms with Gasteiger partial charge in [-0.2, -0.15) is 0 Å². The molecule has 1 N–H and O–H groups in total. The van der Waals surface area contributed by atoms with E-state index in [1.54, 1.807) is 7.11 Å². The second-order valence-corrected chi connectivity index (χ2v) is 13.2. The summed E-state index contributed by atoms with van der Waals surface area (Å²) in [6, 6.07) is 49.1. The number of ether oxygens (including phenoxy) is 1. The van der Waals surface area contributed by atoms with E-state index in [9.17, 15) is 0 Å². The van der Waals surface area contributed by atoms with E-state index in [2.05, 4.69) is 148 Å². The Morgan fingerprint density at radius 1 is 0.654 bits per heavy atom. The molecule has 0 saturated heterocycles. The normalized spacial score (nSPS) is 11.6. The second-order valence-electron chi connectivity index (χ2n) is 13.2. The average molecular weight is 683 g/mol. The number of methoxy groups -OCH3 is 1. The van der Waals surface area contributed by atoms with Gasteiger partial charge in [-0.1, -0.05) is 121 Å². The van der Waals surface area contributed by atoms with Crippen LogP contribution in [0.5, 0.6) is 5.75 Å². The van der Waals surface area contributed by atoms with Crippen molar-refractivity contribution in [3.63, 3.8) is 0 Å². The average Bonchev–Trinajstić information content (AvgIpc) is 3.95. The standard InChI is InChI=1S/C45H42N6O/c1-52-40-26-23-34(24-27-40)30-44-49-48-43(28-25-35-31-47-42-22-12-11-21-41(35)42)50(44)29-13-20-39-32-46-33-51(39)45(36-14-5-2-6-15-36,37-16-7-3-8-17-37)38-18-9-4-10-19-38/h2-12,14-19,21-24,26-27,31-33,47H,13,20,25,28-30H2,1H3. The lowest BCUT2D eigenvalue weighted by Crippen LogP contribution is -2.38. The summed E-state index contributed by atoms with van der Waals surface area (Å²) in [6.07, 6.45) is 10.3. The topological polar surface area (TPSA) is 73.6 Å². The number of nitrogens with one attached hydrogen (secondary N) is 1. The molecule has 0 bridgehead atoms. The molecule has 8 aromatic rings. The summed E-state index contributed by atoms with van der Waals surface area (Å²) in [5.74, 6) is 2.83. The molecule has 7 heteroatoms. The molecule has 52 heavy (non-hydrogen) atoms. The Labute approximate surface area is 304 Å². The zero-order chi connectivity index (χ0) is 35.2. The fourth-order valence-electron chi connectivity index (χ4n) is 7.64. The van der Waals surface area contributed by atoms with Gasteiger partial charge >= 0.3 is 0 Å². The van der Waals surface area contributed by atoms with Crippen LogP contribution in [0.2, 0.25) is 0 Å². The molecular weight excluding hydrogens is 641 g/mol. The van der Waals surface area contributed by atoms with E-state index in [-0.39, 0.29) is 0 Å². The fourth-order valence-corrected chi connectivity index (χ4v) is 7.64. The third-order valence-corrected chi connectivity index (χ3v) is 10.2. The highest BCUT2D eigenvalue weighted by molar-refractivity contribution is 5.83. The van der Waals surface area contributed by atoms with Gasteiger partial charge in [-0.15, -0.1) is 10.2 Å². The summed E-state index contributed by atoms with van der Waals surface area (Å²) in [7, 11) is 1.70. The first-order valence-electron chi connectivity index (χ1n) is 18.0. The number of para-hydroxylation sites is 1. The first-order chi connectivity index (χ1) is 25.7. The molecule has 0 spiro atoms. The van der Waals surface area contributed by atoms with Crippen molar-refractivity contribution in [1.82, 2.24) is 29.3 Å². The number of rotatable bonds is 14. The molecule has 0 atom stereocenters. The van der Waals surface area contributed by atoms with E-state index in [0.717, 1.165) is 55.1 Å². The van der Waals surface area contributed by atoms with Crippen molar-refractivity contribution >= 4 is 10.9 Å². The zero-order valence-electron chi connectivity index (χ0n) is 29.4. The van der Waals surface area contributed by atoms with Gasteiger partial charge in [-0.25, -0.2) is 4.98 Å². The Hall–Kier alpha value is -6.21. The number of imidazole rings is 1. The molecule has 0 fully saturated rings. The van der Waals surface area contributed by atoms with E-state index < -0.39 is 5.54 Å². The van der Waals surface area contributed by atoms with Gasteiger partial charge in [0.1, 0.15) is 22.9 Å². The SMILES string of the molecule is COc1ccc(Cc2nnc(CCc3c[nH]c4ccccc34)n2CCCc2cncn2C(c2ccccc2)(c2ccccc2)c2ccccc2)cc1. The lowest BCUT2D eigenvalue weighted by Gasteiger charge is -2.38. The quantitative estimate of drug-likeness (QED) is 0.116. The highest BCUT2D eigenvalue weighted by Crippen LogP contribution is 2.41. The van der Waals surface area contributed by atoms with Gasteiger partial charge in [0.2, 0.25) is 0 Å². The van der Waals surface area contributed by atoms with Gasteiger partial charge in [0.25, 0.3) is 0 Å². The van der Waals surface area contributed by atoms with Crippen LogP contribution in [0.15, 0.2) is 158 Å². The molecule has 0 unspecified atom stereocenters. The molecule has 7 nitrogen and oxygen atoms in total. The van der Waals surface area contributed by atoms with Gasteiger partial charge in [0.05, 0.1) is 13.4 Å². The van der Waals surface area contributed by atoms with Crippen molar-refractivity contribution in [3.05, 3.63) is 203 Å². The van der Waals surface area contributed by atoms with Crippen LogP contribution >= 0.6 is 0 Å². The van der Waals surface area contributed by atoms with Crippen LogP contribution in [0.25, 0.3) is 10.9 Å². The smallest absolute Gasteiger partial charge is 0.137 e. The summed E-state index contributed by atoms with van der Waals surface area (Å²) in [5.41, 5.74) is 7.76. The number of H-pyrrole nitrogens is 1. The van der Waals surface area contributed by atoms with Crippen LogP contribution in [-0.4, -0.2) is 36.4 Å². The third-order valence-electron chi connectivity index (χ3n) is 10.2. The number of benzene rings is 5. The molecule has 5 aromatic carbocycles. The molecule has 258 valence electrons. The van der Waals surface area contributed by atoms with Crippen LogP contribution in [-0.2, 0) is 37.8 Å². The van der Waals surface area contributed by atoms with E-state index in [4.69, 9.17) is 19.9 Å². The molecule has 8 rings (SSSR count). The Balaban J connectivity index is 1.12. The van der Waals surface area contributed by atoms with Crippen molar-refractivity contribution in [2.75, 3.05) is 7.11 Å². The molecule has 0 radical (unpaired) electrons. The lowest BCUT2D eigenvalue weighted by atomic mass is 9.76. The van der Waals surface area contributed by atoms with Crippen LogP contribution < -0.4 is 4.74 Å². The maximum atomic E-state index is 5.41. The minimum Gasteiger partial charge on any atom is -0.497 e. The molecule has 0 saturated carbocycles. The van der Waals surface area contributed by atoms with Crippen LogP contribution in [0.4, 0.5) is 0 Å². The summed E-state index contributed by atoms with van der Waals surface area (Å²) in [6.45, 7) is 0.794. The van der Waals surface area contributed by atoms with Crippen LogP contribution in [0.1, 0.15) is 51.6 Å². The highest BCUT2D eigenvalue weighted by Gasteiger charge is 2.39. The molecule has 0 aliphatic carbocycles. The maximum absolute atomic E-state index is 5.41. The van der Waals surface area contributed by atoms with E-state index in [1.165, 1.54) is 38.9 Å². The summed E-state index contributed by atoms with van der Waals surface area (Å²) >= 11 is 0. The van der Waals surface area contributed by atoms with Gasteiger partial charge in [0.15, 0.2) is 0 Å². The van der Waals surface area contributed by atoms with E-state index in [1.807, 2.05) is 24.7 Å². The van der Waals surface area contributed by atoms with Crippen molar-refractivity contribution in [2.45, 2.75) is 44.2 Å². The minimum absolute atomic E-state index is 0.601. The number of aromatic nitrogens is 6. The number of hydrogen-bond donors (Lipinski definition) is 1. The zero-order valence-corrected chi connectivity index (χ0v) is 29.4. The second kappa shape index (κ2) is 15.0. The predicted octanol–water partition coefficient (Wildman–Crippen LogP) is 8.81. The maximum Gasteiger partial charge on any atom is 0.137 e. The fraction of sp³-hybridized carbons (Fsp3) is 0.178. The van der Waals surface area contributed by atoms with Crippen LogP contribution in [0, 0.1) is 0 Å². The minimum atomic E-state index is -0.601. The molecule has 3 heterocycles. The van der Waals surface area contributed by atoms with Gasteiger partial charge in [-0.05, 0) is 65.3 Å². The molecule has 0 aliphatic heterocycles. The Bertz CT molecular complexity index is 2240. The van der Waals surface area contributed by atoms with E-state index >= 15 is 0 Å². The largest absolute Gasteiger partial charge is 0.497 e. The first kappa shape index (κ1) is 33.0. The van der Waals surface area contributed by atoms with Gasteiger partial charge < -0.3 is 18.9 Å². The molecule has 0 amide bonds. The number of hydrogen-bond acceptors (Lipinski definition) is 4. The van der Waals surface area contributed by atoms with E-state index in [0.29, 0.717) is 6.42 Å². The van der Waals surface area contributed by atoms with Crippen molar-refractivity contribution in [2.24, 2.45) is 0 Å². The molecular formula is C45H42N6O. The summed E-state index contributed by atoms with van der Waals surface area (Å²) < 4.78 is 10.1. The first-order valence-corrected chi connectivity index (χ1v) is 18.0. The predicted molar refractivity (Wildman–Crippen MR) is 207 cm³/mol. The van der Waals surface area contributed by atoms with Crippen molar-refractivity contribution in [3.8, 4) is 5.75 Å². The van der Waals surface area contributed by atoms with Crippen molar-refractivity contribution < 1.29 is 4.74 Å². The summed E-state index contributed by atoms with van der Waals surface area (Å²) in [4.78, 5) is 8.21. The van der Waals surface area contributed by atoms with Gasteiger partial charge in [-0.3, -0.25) is 0 Å². The molecule has 3 aromatic heterocycles. The Morgan fingerprint density at radius 3 is 1.92 bits per heavy atom.